The topological polar surface area (TPSA) is 121 Å². The quantitative estimate of drug-likeness (QED) is 0.771. The Morgan fingerprint density at radius 2 is 2.00 bits per heavy atom. The molecule has 8 nitrogen and oxygen atoms in total. The minimum Gasteiger partial charge on any atom is -0.484 e. The highest BCUT2D eigenvalue weighted by atomic mass is 32.2. The monoisotopic (exact) mass is 398 g/mol. The summed E-state index contributed by atoms with van der Waals surface area (Å²) < 4.78 is 32.7. The van der Waals surface area contributed by atoms with Gasteiger partial charge in [0, 0.05) is 18.7 Å². The summed E-state index contributed by atoms with van der Waals surface area (Å²) in [6.45, 7) is 0.366. The normalized spacial score (nSPS) is 13.3. The van der Waals surface area contributed by atoms with Crippen LogP contribution in [0.1, 0.15) is 18.4 Å². The van der Waals surface area contributed by atoms with Gasteiger partial charge in [-0.2, -0.15) is 5.26 Å². The minimum absolute atomic E-state index is 0.0351. The molecular formula is C19H18N4O4S. The van der Waals surface area contributed by atoms with Crippen LogP contribution in [0.15, 0.2) is 58.4 Å². The highest BCUT2D eigenvalue weighted by Gasteiger charge is 2.18. The molecule has 0 spiro atoms. The van der Waals surface area contributed by atoms with Gasteiger partial charge in [0.15, 0.2) is 6.61 Å². The van der Waals surface area contributed by atoms with Gasteiger partial charge in [-0.3, -0.25) is 14.5 Å². The number of rotatable bonds is 6. The molecule has 2 N–H and O–H groups in total. The van der Waals surface area contributed by atoms with Crippen LogP contribution in [0.2, 0.25) is 0 Å². The maximum absolute atomic E-state index is 12.4. The van der Waals surface area contributed by atoms with E-state index in [1.54, 1.807) is 36.4 Å². The van der Waals surface area contributed by atoms with Crippen molar-refractivity contribution in [1.82, 2.24) is 4.72 Å². The number of ether oxygens (including phenoxy) is 1. The lowest BCUT2D eigenvalue weighted by Crippen LogP contribution is -2.29. The van der Waals surface area contributed by atoms with E-state index in [2.05, 4.69) is 15.0 Å². The van der Waals surface area contributed by atoms with Gasteiger partial charge in [0.2, 0.25) is 0 Å². The van der Waals surface area contributed by atoms with E-state index in [9.17, 15) is 13.2 Å². The number of carbonyl (C=O) groups is 1. The molecule has 144 valence electrons. The summed E-state index contributed by atoms with van der Waals surface area (Å²) in [4.78, 5) is 16.2. The molecule has 3 rings (SSSR count). The van der Waals surface area contributed by atoms with Gasteiger partial charge in [0.05, 0.1) is 16.5 Å². The number of hydrogen-bond acceptors (Lipinski definition) is 6. The Morgan fingerprint density at radius 1 is 1.21 bits per heavy atom. The zero-order valence-corrected chi connectivity index (χ0v) is 15.7. The lowest BCUT2D eigenvalue weighted by atomic mass is 10.2. The van der Waals surface area contributed by atoms with Crippen molar-refractivity contribution in [2.24, 2.45) is 4.99 Å². The van der Waals surface area contributed by atoms with Crippen molar-refractivity contribution in [3.05, 3.63) is 54.1 Å². The summed E-state index contributed by atoms with van der Waals surface area (Å²) in [5, 5.41) is 11.4. The molecule has 2 aromatic rings. The van der Waals surface area contributed by atoms with Crippen molar-refractivity contribution in [3.8, 4) is 11.8 Å². The van der Waals surface area contributed by atoms with Gasteiger partial charge in [0.25, 0.3) is 15.9 Å². The lowest BCUT2D eigenvalue weighted by Gasteiger charge is -2.10. The van der Waals surface area contributed by atoms with Crippen molar-refractivity contribution in [2.75, 3.05) is 18.5 Å². The predicted octanol–water partition coefficient (Wildman–Crippen LogP) is 2.05. The van der Waals surface area contributed by atoms with Gasteiger partial charge in [-0.15, -0.1) is 0 Å². The molecule has 0 aromatic heterocycles. The highest BCUT2D eigenvalue weighted by Crippen LogP contribution is 2.17. The third-order valence-corrected chi connectivity index (χ3v) is 5.29. The second-order valence-corrected chi connectivity index (χ2v) is 7.72. The third-order valence-electron chi connectivity index (χ3n) is 3.91. The zero-order valence-electron chi connectivity index (χ0n) is 14.9. The molecule has 1 heterocycles. The molecule has 1 aliphatic heterocycles. The highest BCUT2D eigenvalue weighted by molar-refractivity contribution is 7.90. The van der Waals surface area contributed by atoms with E-state index >= 15 is 0 Å². The summed E-state index contributed by atoms with van der Waals surface area (Å²) >= 11 is 0. The average Bonchev–Trinajstić information content (AvgIpc) is 3.19. The molecule has 0 unspecified atom stereocenters. The van der Waals surface area contributed by atoms with Crippen LogP contribution in [0, 0.1) is 11.3 Å². The zero-order chi connectivity index (χ0) is 20.0. The number of anilines is 1. The maximum atomic E-state index is 12.4. The average molecular weight is 398 g/mol. The molecule has 9 heteroatoms. The molecule has 2 aromatic carbocycles. The van der Waals surface area contributed by atoms with Crippen LogP contribution in [0.3, 0.4) is 0 Å². The molecule has 0 aliphatic carbocycles. The molecule has 28 heavy (non-hydrogen) atoms. The molecule has 0 saturated heterocycles. The number of nitriles is 1. The van der Waals surface area contributed by atoms with E-state index in [0.29, 0.717) is 35.8 Å². The Kier molecular flexibility index (Phi) is 5.91. The van der Waals surface area contributed by atoms with Crippen LogP contribution < -0.4 is 14.8 Å². The predicted molar refractivity (Wildman–Crippen MR) is 104 cm³/mol. The summed E-state index contributed by atoms with van der Waals surface area (Å²) in [5.41, 5.74) is 0.830. The van der Waals surface area contributed by atoms with Crippen LogP contribution in [-0.2, 0) is 14.8 Å². The lowest BCUT2D eigenvalue weighted by molar-refractivity contribution is -0.118. The fourth-order valence-corrected chi connectivity index (χ4v) is 3.68. The first-order chi connectivity index (χ1) is 13.5. The molecule has 0 fully saturated rings. The summed E-state index contributed by atoms with van der Waals surface area (Å²) in [5.74, 6) is 0.462. The molecule has 1 aliphatic rings. The van der Waals surface area contributed by atoms with E-state index in [1.165, 1.54) is 12.1 Å². The molecule has 1 amide bonds. The first-order valence-corrected chi connectivity index (χ1v) is 10.0. The van der Waals surface area contributed by atoms with Crippen molar-refractivity contribution in [2.45, 2.75) is 17.7 Å². The van der Waals surface area contributed by atoms with Crippen LogP contribution in [0.4, 0.5) is 5.69 Å². The summed E-state index contributed by atoms with van der Waals surface area (Å²) in [6.07, 6.45) is 1.43. The summed E-state index contributed by atoms with van der Waals surface area (Å²) in [6, 6.07) is 14.3. The van der Waals surface area contributed by atoms with Gasteiger partial charge < -0.3 is 10.1 Å². The number of amidine groups is 1. The number of hydrogen-bond donors (Lipinski definition) is 2. The Hall–Kier alpha value is -3.38. The van der Waals surface area contributed by atoms with Crippen molar-refractivity contribution in [3.63, 3.8) is 0 Å². The SMILES string of the molecule is N#Cc1ccc(OCC(=O)Nc2cccc(S(=O)(=O)NC3=NCCC3)c2)cc1. The number of nitrogens with zero attached hydrogens (tertiary/aromatic N) is 2. The molecule has 0 saturated carbocycles. The Labute approximate surface area is 162 Å². The van der Waals surface area contributed by atoms with Crippen molar-refractivity contribution < 1.29 is 17.9 Å². The first-order valence-electron chi connectivity index (χ1n) is 8.55. The Bertz CT molecular complexity index is 1040. The van der Waals surface area contributed by atoms with Crippen LogP contribution in [0.25, 0.3) is 0 Å². The Balaban J connectivity index is 1.60. The Morgan fingerprint density at radius 3 is 2.68 bits per heavy atom. The fraction of sp³-hybridized carbons (Fsp3) is 0.211. The standard InChI is InChI=1S/C19H18N4O4S/c20-12-14-6-8-16(9-7-14)27-13-19(24)22-15-3-1-4-17(11-15)28(25,26)23-18-5-2-10-21-18/h1,3-4,6-9,11H,2,5,10,13H2,(H,21,23)(H,22,24). The van der Waals surface area contributed by atoms with Crippen molar-refractivity contribution in [1.29, 1.82) is 5.26 Å². The molecule has 0 atom stereocenters. The number of carbonyl (C=O) groups excluding carboxylic acids is 1. The fourth-order valence-electron chi connectivity index (χ4n) is 2.55. The second kappa shape index (κ2) is 8.54. The van der Waals surface area contributed by atoms with E-state index in [1.807, 2.05) is 6.07 Å². The number of nitrogens with one attached hydrogen (secondary N) is 2. The van der Waals surface area contributed by atoms with Gasteiger partial charge in [-0.05, 0) is 48.9 Å². The van der Waals surface area contributed by atoms with Gasteiger partial charge >= 0.3 is 0 Å². The smallest absolute Gasteiger partial charge is 0.262 e. The van der Waals surface area contributed by atoms with Gasteiger partial charge in [0.1, 0.15) is 11.6 Å². The minimum atomic E-state index is -3.75. The van der Waals surface area contributed by atoms with Crippen molar-refractivity contribution >= 4 is 27.5 Å². The number of benzene rings is 2. The van der Waals surface area contributed by atoms with Gasteiger partial charge in [-0.1, -0.05) is 6.07 Å². The van der Waals surface area contributed by atoms with Gasteiger partial charge in [-0.25, -0.2) is 8.42 Å². The van der Waals surface area contributed by atoms with Crippen LogP contribution in [0.5, 0.6) is 5.75 Å². The first kappa shape index (κ1) is 19.4. The maximum Gasteiger partial charge on any atom is 0.262 e. The van der Waals surface area contributed by atoms with E-state index in [-0.39, 0.29) is 11.5 Å². The number of amides is 1. The van der Waals surface area contributed by atoms with E-state index in [0.717, 1.165) is 6.42 Å². The largest absolute Gasteiger partial charge is 0.484 e. The molecular weight excluding hydrogens is 380 g/mol. The molecule has 0 bridgehead atoms. The van der Waals surface area contributed by atoms with E-state index < -0.39 is 15.9 Å². The number of sulfonamides is 1. The summed E-state index contributed by atoms with van der Waals surface area (Å²) in [7, 11) is -3.75. The third kappa shape index (κ3) is 5.08. The number of aliphatic imine (C=N–C) groups is 1. The molecule has 0 radical (unpaired) electrons. The van der Waals surface area contributed by atoms with Crippen LogP contribution >= 0.6 is 0 Å². The van der Waals surface area contributed by atoms with Crippen LogP contribution in [-0.4, -0.2) is 33.3 Å². The second-order valence-electron chi connectivity index (χ2n) is 6.04. The van der Waals surface area contributed by atoms with E-state index in [4.69, 9.17) is 10.00 Å².